The number of rotatable bonds is 2. The van der Waals surface area contributed by atoms with Crippen molar-refractivity contribution in [1.82, 2.24) is 0 Å². The van der Waals surface area contributed by atoms with Crippen LogP contribution in [0.4, 0.5) is 0 Å². The molecule has 1 aromatic rings. The predicted molar refractivity (Wildman–Crippen MR) is 48.9 cm³/mol. The first kappa shape index (κ1) is 11.5. The molecule has 0 aliphatic heterocycles. The van der Waals surface area contributed by atoms with Crippen molar-refractivity contribution >= 4 is 25.5 Å². The van der Waals surface area contributed by atoms with Crippen LogP contribution < -0.4 is 10.9 Å². The van der Waals surface area contributed by atoms with Gasteiger partial charge in [0.15, 0.2) is 0 Å². The molecule has 0 aliphatic rings. The van der Waals surface area contributed by atoms with Gasteiger partial charge in [0.2, 0.25) is 0 Å². The number of hydrogen-bond donors (Lipinski definition) is 0. The summed E-state index contributed by atoms with van der Waals surface area (Å²) in [5.74, 6) is 0. The van der Waals surface area contributed by atoms with Crippen molar-refractivity contribution < 1.29 is 32.7 Å². The van der Waals surface area contributed by atoms with Crippen LogP contribution in [-0.4, -0.2) is 14.6 Å². The molecule has 0 amide bonds. The van der Waals surface area contributed by atoms with Crippen molar-refractivity contribution in [2.45, 2.75) is 13.6 Å². The van der Waals surface area contributed by atoms with Gasteiger partial charge in [0.1, 0.15) is 14.6 Å². The Labute approximate surface area is 95.5 Å². The largest absolute Gasteiger partial charge is 0.147 e. The van der Waals surface area contributed by atoms with E-state index in [1.165, 1.54) is 10.9 Å². The third-order valence-corrected chi connectivity index (χ3v) is 1.62. The van der Waals surface area contributed by atoms with E-state index in [4.69, 9.17) is 0 Å². The Bertz CT molecular complexity index is 190. The second kappa shape index (κ2) is 6.02. The molecule has 0 saturated carbocycles. The molecule has 1 aromatic carbocycles. The summed E-state index contributed by atoms with van der Waals surface area (Å²) in [7, 11) is 4.24. The van der Waals surface area contributed by atoms with Gasteiger partial charge in [0.25, 0.3) is 0 Å². The summed E-state index contributed by atoms with van der Waals surface area (Å²) >= 11 is 0. The Morgan fingerprint density at radius 1 is 0.909 bits per heavy atom. The van der Waals surface area contributed by atoms with E-state index in [-0.39, 0.29) is 32.7 Å². The van der Waals surface area contributed by atoms with Crippen LogP contribution in [0.15, 0.2) is 24.3 Å². The molecule has 3 heteroatoms. The molecule has 0 N–H and O–H groups in total. The third kappa shape index (κ3) is 3.13. The Hall–Kier alpha value is 0.454. The minimum Gasteiger partial charge on any atom is -0.0942 e. The summed E-state index contributed by atoms with van der Waals surface area (Å²) in [6, 6.07) is 8.36. The Kier molecular flexibility index (Phi) is 6.27. The molecule has 0 unspecified atom stereocenters. The zero-order valence-corrected chi connectivity index (χ0v) is 9.88. The summed E-state index contributed by atoms with van der Waals surface area (Å²) in [6.45, 7) is 4.12. The van der Waals surface area contributed by atoms with Crippen molar-refractivity contribution in [3.8, 4) is 0 Å². The molecule has 3 radical (unpaired) electrons. The summed E-state index contributed by atoms with van der Waals surface area (Å²) < 4.78 is 0. The second-order valence-corrected chi connectivity index (χ2v) is 2.21. The van der Waals surface area contributed by atoms with E-state index in [1.807, 2.05) is 0 Å². The molecular weight excluding hydrogens is 207 g/mol. The van der Waals surface area contributed by atoms with Crippen LogP contribution in [0.3, 0.4) is 0 Å². The fourth-order valence-corrected chi connectivity index (χ4v) is 1.04. The maximum absolute atomic E-state index is 2.12. The second-order valence-electron chi connectivity index (χ2n) is 2.21. The predicted octanol–water partition coefficient (Wildman–Crippen LogP) is 0.439. The van der Waals surface area contributed by atoms with E-state index >= 15 is 0 Å². The summed E-state index contributed by atoms with van der Waals surface area (Å²) in [5, 5.41) is 0. The van der Waals surface area contributed by atoms with Crippen LogP contribution in [0.1, 0.15) is 0 Å². The molecule has 0 fully saturated rings. The van der Waals surface area contributed by atoms with E-state index in [0.29, 0.717) is 0 Å². The quantitative estimate of drug-likeness (QED) is 0.630. The van der Waals surface area contributed by atoms with Gasteiger partial charge in [-0.05, 0) is 0 Å². The van der Waals surface area contributed by atoms with Crippen LogP contribution in [0.2, 0.25) is 13.6 Å². The minimum absolute atomic E-state index is 0. The van der Waals surface area contributed by atoms with Gasteiger partial charge in [-0.3, -0.25) is 0 Å². The molecule has 0 aliphatic carbocycles. The third-order valence-electron chi connectivity index (χ3n) is 1.62. The molecule has 0 atom stereocenters. The van der Waals surface area contributed by atoms with E-state index in [2.05, 4.69) is 52.5 Å². The molecule has 0 aromatic heterocycles. The van der Waals surface area contributed by atoms with E-state index in [1.54, 1.807) is 0 Å². The zero-order chi connectivity index (χ0) is 7.40. The molecular formula is C8H10B2Y. The molecule has 1 rings (SSSR count). The average molecular weight is 217 g/mol. The molecule has 0 nitrogen and oxygen atoms in total. The average Bonchev–Trinajstić information content (AvgIpc) is 2.04. The number of benzene rings is 1. The van der Waals surface area contributed by atoms with Gasteiger partial charge in [0, 0.05) is 32.7 Å². The minimum atomic E-state index is 0. The van der Waals surface area contributed by atoms with Crippen molar-refractivity contribution in [3.63, 3.8) is 0 Å². The summed E-state index contributed by atoms with van der Waals surface area (Å²) in [4.78, 5) is 0. The van der Waals surface area contributed by atoms with Crippen LogP contribution in [0.5, 0.6) is 0 Å². The molecule has 0 spiro atoms. The van der Waals surface area contributed by atoms with Crippen LogP contribution in [0, 0.1) is 0 Å². The number of hydrogen-bond acceptors (Lipinski definition) is 0. The maximum atomic E-state index is 2.12. The molecule has 0 saturated heterocycles. The first-order valence-electron chi connectivity index (χ1n) is 3.56. The van der Waals surface area contributed by atoms with Crippen LogP contribution in [0.25, 0.3) is 0 Å². The van der Waals surface area contributed by atoms with E-state index < -0.39 is 0 Å². The van der Waals surface area contributed by atoms with Crippen LogP contribution >= 0.6 is 0 Å². The van der Waals surface area contributed by atoms with Gasteiger partial charge >= 0.3 is 0 Å². The topological polar surface area (TPSA) is 0 Å². The molecule has 0 heterocycles. The first-order valence-corrected chi connectivity index (χ1v) is 3.56. The van der Waals surface area contributed by atoms with E-state index in [9.17, 15) is 0 Å². The monoisotopic (exact) mass is 217 g/mol. The maximum Gasteiger partial charge on any atom is 0.147 e. The van der Waals surface area contributed by atoms with Crippen molar-refractivity contribution in [3.05, 3.63) is 24.3 Å². The standard InChI is InChI=1S/C8H10B2.Y/c1-9-7-5-3-4-6-8(7)10-2;/h3-6H,1-2H3;. The van der Waals surface area contributed by atoms with Gasteiger partial charge in [-0.25, -0.2) is 0 Å². The Morgan fingerprint density at radius 2 is 1.27 bits per heavy atom. The molecule has 0 bridgehead atoms. The van der Waals surface area contributed by atoms with Crippen molar-refractivity contribution in [1.29, 1.82) is 0 Å². The van der Waals surface area contributed by atoms with Gasteiger partial charge in [-0.2, -0.15) is 0 Å². The Morgan fingerprint density at radius 3 is 1.55 bits per heavy atom. The first-order chi connectivity index (χ1) is 4.88. The SMILES string of the molecule is C[B]c1ccccc1[B]C.[Y]. The normalized spacial score (nSPS) is 8.18. The molecule has 11 heavy (non-hydrogen) atoms. The van der Waals surface area contributed by atoms with Crippen LogP contribution in [-0.2, 0) is 32.7 Å². The van der Waals surface area contributed by atoms with Gasteiger partial charge in [-0.1, -0.05) is 48.8 Å². The van der Waals surface area contributed by atoms with E-state index in [0.717, 1.165) is 0 Å². The van der Waals surface area contributed by atoms with Gasteiger partial charge in [0.05, 0.1) is 0 Å². The van der Waals surface area contributed by atoms with Gasteiger partial charge in [-0.15, -0.1) is 0 Å². The van der Waals surface area contributed by atoms with Crippen molar-refractivity contribution in [2.24, 2.45) is 0 Å². The smallest absolute Gasteiger partial charge is 0.0942 e. The van der Waals surface area contributed by atoms with Crippen molar-refractivity contribution in [2.75, 3.05) is 0 Å². The molecule has 51 valence electrons. The zero-order valence-electron chi connectivity index (χ0n) is 7.04. The van der Waals surface area contributed by atoms with Gasteiger partial charge < -0.3 is 0 Å². The summed E-state index contributed by atoms with van der Waals surface area (Å²) in [6.07, 6.45) is 0. The fourth-order valence-electron chi connectivity index (χ4n) is 1.04. The fraction of sp³-hybridized carbons (Fsp3) is 0.250. The summed E-state index contributed by atoms with van der Waals surface area (Å²) in [5.41, 5.74) is 2.62. The Balaban J connectivity index is 0.000001000.